The smallest absolute Gasteiger partial charge is 0.257 e. The number of rotatable bonds is 2. The molecule has 0 fully saturated rings. The molecule has 1 amide bonds. The second-order valence-corrected chi connectivity index (χ2v) is 6.34. The van der Waals surface area contributed by atoms with E-state index in [-0.39, 0.29) is 23.8 Å². The van der Waals surface area contributed by atoms with E-state index in [0.717, 1.165) is 11.1 Å². The van der Waals surface area contributed by atoms with Crippen molar-refractivity contribution in [1.82, 2.24) is 9.97 Å². The standard InChI is InChI=1S/C19H14ClN3O2/c20-13-8-6-11(7-9-13)14-10-15(24)21-18-16(14)19(25)23-17(22-18)12-4-2-1-3-5-12/h1-9,14H,10H2,(H2,21,22,23,24,25)/t14-/m0/s1. The SMILES string of the molecule is O=C1C[C@@H](c2ccc(Cl)cc2)c2c(nc(-c3ccccc3)[nH]c2=O)N1. The van der Waals surface area contributed by atoms with Gasteiger partial charge >= 0.3 is 0 Å². The van der Waals surface area contributed by atoms with E-state index in [1.807, 2.05) is 42.5 Å². The zero-order chi connectivity index (χ0) is 17.4. The monoisotopic (exact) mass is 351 g/mol. The highest BCUT2D eigenvalue weighted by Gasteiger charge is 2.30. The zero-order valence-corrected chi connectivity index (χ0v) is 13.9. The Morgan fingerprint density at radius 2 is 1.72 bits per heavy atom. The van der Waals surface area contributed by atoms with Gasteiger partial charge < -0.3 is 10.3 Å². The Morgan fingerprint density at radius 3 is 2.44 bits per heavy atom. The number of nitrogens with one attached hydrogen (secondary N) is 2. The third-order valence-corrected chi connectivity index (χ3v) is 4.52. The summed E-state index contributed by atoms with van der Waals surface area (Å²) in [4.78, 5) is 32.2. The van der Waals surface area contributed by atoms with Gasteiger partial charge in [-0.1, -0.05) is 54.1 Å². The summed E-state index contributed by atoms with van der Waals surface area (Å²) in [7, 11) is 0. The molecule has 1 aliphatic heterocycles. The van der Waals surface area contributed by atoms with Gasteiger partial charge in [0.25, 0.3) is 5.56 Å². The summed E-state index contributed by atoms with van der Waals surface area (Å²) in [5.74, 6) is 0.242. The number of fused-ring (bicyclic) bond motifs is 1. The number of amides is 1. The van der Waals surface area contributed by atoms with Crippen molar-refractivity contribution in [3.05, 3.63) is 81.1 Å². The highest BCUT2D eigenvalue weighted by Crippen LogP contribution is 2.34. The maximum atomic E-state index is 12.7. The van der Waals surface area contributed by atoms with E-state index in [9.17, 15) is 9.59 Å². The van der Waals surface area contributed by atoms with Crippen molar-refractivity contribution < 1.29 is 4.79 Å². The minimum atomic E-state index is -0.345. The van der Waals surface area contributed by atoms with E-state index >= 15 is 0 Å². The lowest BCUT2D eigenvalue weighted by molar-refractivity contribution is -0.116. The van der Waals surface area contributed by atoms with Crippen LogP contribution < -0.4 is 10.9 Å². The van der Waals surface area contributed by atoms with Crippen LogP contribution in [0.15, 0.2) is 59.4 Å². The number of halogens is 1. The first-order chi connectivity index (χ1) is 12.1. The molecule has 2 aromatic carbocycles. The minimum Gasteiger partial charge on any atom is -0.310 e. The lowest BCUT2D eigenvalue weighted by Crippen LogP contribution is -2.31. The maximum absolute atomic E-state index is 12.7. The van der Waals surface area contributed by atoms with Gasteiger partial charge in [-0.3, -0.25) is 9.59 Å². The number of H-pyrrole nitrogens is 1. The van der Waals surface area contributed by atoms with E-state index in [1.165, 1.54) is 0 Å². The molecule has 0 bridgehead atoms. The second kappa shape index (κ2) is 6.18. The molecule has 0 aliphatic carbocycles. The third-order valence-electron chi connectivity index (χ3n) is 4.27. The van der Waals surface area contributed by atoms with Crippen LogP contribution in [0.1, 0.15) is 23.5 Å². The first kappa shape index (κ1) is 15.6. The molecule has 0 saturated carbocycles. The van der Waals surface area contributed by atoms with Crippen LogP contribution in [0.25, 0.3) is 11.4 Å². The molecular formula is C19H14ClN3O2. The fourth-order valence-corrected chi connectivity index (χ4v) is 3.21. The Balaban J connectivity index is 1.85. The summed E-state index contributed by atoms with van der Waals surface area (Å²) >= 11 is 5.94. The maximum Gasteiger partial charge on any atom is 0.257 e. The molecule has 5 nitrogen and oxygen atoms in total. The van der Waals surface area contributed by atoms with Crippen LogP contribution >= 0.6 is 11.6 Å². The molecule has 1 aliphatic rings. The molecule has 0 saturated heterocycles. The van der Waals surface area contributed by atoms with Gasteiger partial charge in [0.15, 0.2) is 0 Å². The first-order valence-electron chi connectivity index (χ1n) is 7.87. The van der Waals surface area contributed by atoms with Crippen molar-refractivity contribution >= 4 is 23.3 Å². The lowest BCUT2D eigenvalue weighted by atomic mass is 9.87. The molecule has 2 N–H and O–H groups in total. The number of anilines is 1. The topological polar surface area (TPSA) is 74.8 Å². The molecule has 3 aromatic rings. The Bertz CT molecular complexity index is 997. The van der Waals surface area contributed by atoms with Crippen LogP contribution in [0.2, 0.25) is 5.02 Å². The molecular weight excluding hydrogens is 338 g/mol. The van der Waals surface area contributed by atoms with Crippen molar-refractivity contribution in [1.29, 1.82) is 0 Å². The van der Waals surface area contributed by atoms with Crippen molar-refractivity contribution in [3.63, 3.8) is 0 Å². The Kier molecular flexibility index (Phi) is 3.86. The van der Waals surface area contributed by atoms with Gasteiger partial charge in [0, 0.05) is 22.9 Å². The molecule has 0 unspecified atom stereocenters. The summed E-state index contributed by atoms with van der Waals surface area (Å²) < 4.78 is 0. The van der Waals surface area contributed by atoms with Crippen LogP contribution in [0.3, 0.4) is 0 Å². The van der Waals surface area contributed by atoms with E-state index in [4.69, 9.17) is 11.6 Å². The van der Waals surface area contributed by atoms with Crippen molar-refractivity contribution in [2.24, 2.45) is 0 Å². The predicted molar refractivity (Wildman–Crippen MR) is 96.8 cm³/mol. The van der Waals surface area contributed by atoms with E-state index in [2.05, 4.69) is 15.3 Å². The van der Waals surface area contributed by atoms with Crippen molar-refractivity contribution in [2.45, 2.75) is 12.3 Å². The lowest BCUT2D eigenvalue weighted by Gasteiger charge is -2.24. The number of aromatic amines is 1. The van der Waals surface area contributed by atoms with Crippen LogP contribution in [0.4, 0.5) is 5.82 Å². The number of nitrogens with zero attached hydrogens (tertiary/aromatic N) is 1. The van der Waals surface area contributed by atoms with Crippen molar-refractivity contribution in [3.8, 4) is 11.4 Å². The third kappa shape index (κ3) is 2.94. The van der Waals surface area contributed by atoms with E-state index in [1.54, 1.807) is 12.1 Å². The quantitative estimate of drug-likeness (QED) is 0.741. The highest BCUT2D eigenvalue weighted by molar-refractivity contribution is 6.30. The van der Waals surface area contributed by atoms with Gasteiger partial charge in [0.05, 0.1) is 5.56 Å². The Morgan fingerprint density at radius 1 is 1.00 bits per heavy atom. The second-order valence-electron chi connectivity index (χ2n) is 5.90. The average molecular weight is 352 g/mol. The number of carbonyl (C=O) groups excluding carboxylic acids is 1. The highest BCUT2D eigenvalue weighted by atomic mass is 35.5. The molecule has 1 atom stereocenters. The fraction of sp³-hybridized carbons (Fsp3) is 0.105. The fourth-order valence-electron chi connectivity index (χ4n) is 3.08. The van der Waals surface area contributed by atoms with Gasteiger partial charge in [-0.05, 0) is 17.7 Å². The summed E-state index contributed by atoms with van der Waals surface area (Å²) in [6, 6.07) is 16.5. The molecule has 2 heterocycles. The van der Waals surface area contributed by atoms with Gasteiger partial charge in [-0.15, -0.1) is 0 Å². The molecule has 124 valence electrons. The van der Waals surface area contributed by atoms with Gasteiger partial charge in [-0.25, -0.2) is 4.98 Å². The van der Waals surface area contributed by atoms with Gasteiger partial charge in [0.2, 0.25) is 5.91 Å². The molecule has 25 heavy (non-hydrogen) atoms. The predicted octanol–water partition coefficient (Wildman–Crippen LogP) is 3.56. The van der Waals surface area contributed by atoms with E-state index < -0.39 is 0 Å². The van der Waals surface area contributed by atoms with Crippen molar-refractivity contribution in [2.75, 3.05) is 5.32 Å². The van der Waals surface area contributed by atoms with Gasteiger partial charge in [0.1, 0.15) is 11.6 Å². The summed E-state index contributed by atoms with van der Waals surface area (Å²) in [5.41, 5.74) is 1.87. The normalized spacial score (nSPS) is 16.2. The minimum absolute atomic E-state index is 0.162. The van der Waals surface area contributed by atoms with Crippen LogP contribution in [-0.4, -0.2) is 15.9 Å². The van der Waals surface area contributed by atoms with Crippen LogP contribution in [-0.2, 0) is 4.79 Å². The molecule has 0 spiro atoms. The number of carbonyl (C=O) groups is 1. The number of hydrogen-bond acceptors (Lipinski definition) is 3. The largest absolute Gasteiger partial charge is 0.310 e. The number of benzene rings is 2. The van der Waals surface area contributed by atoms with Gasteiger partial charge in [-0.2, -0.15) is 0 Å². The molecule has 0 radical (unpaired) electrons. The molecule has 4 rings (SSSR count). The Labute approximate surface area is 148 Å². The summed E-state index contributed by atoms with van der Waals surface area (Å²) in [6.07, 6.45) is 0.198. The Hall–Kier alpha value is -2.92. The van der Waals surface area contributed by atoms with Crippen LogP contribution in [0.5, 0.6) is 0 Å². The average Bonchev–Trinajstić information content (AvgIpc) is 2.62. The molecule has 6 heteroatoms. The summed E-state index contributed by atoms with van der Waals surface area (Å²) in [6.45, 7) is 0. The molecule has 1 aromatic heterocycles. The zero-order valence-electron chi connectivity index (χ0n) is 13.1. The number of aromatic nitrogens is 2. The summed E-state index contributed by atoms with van der Waals surface area (Å²) in [5, 5.41) is 3.33. The number of hydrogen-bond donors (Lipinski definition) is 2. The first-order valence-corrected chi connectivity index (χ1v) is 8.24. The van der Waals surface area contributed by atoms with E-state index in [0.29, 0.717) is 22.2 Å². The van der Waals surface area contributed by atoms with Crippen LogP contribution in [0, 0.1) is 0 Å².